The van der Waals surface area contributed by atoms with E-state index in [0.717, 1.165) is 18.5 Å². The third kappa shape index (κ3) is 2.16. The Bertz CT molecular complexity index is 519. The number of furan rings is 1. The molecule has 2 aromatic heterocycles. The topological polar surface area (TPSA) is 52.0 Å². The van der Waals surface area contributed by atoms with Gasteiger partial charge in [-0.3, -0.25) is 4.98 Å². The first-order chi connectivity index (χ1) is 8.04. The number of hydrogen-bond acceptors (Lipinski definition) is 3. The average molecular weight is 242 g/mol. The summed E-state index contributed by atoms with van der Waals surface area (Å²) in [5.41, 5.74) is 4.96. The zero-order chi connectivity index (χ0) is 12.5. The average Bonchev–Trinajstić information content (AvgIpc) is 2.75. The summed E-state index contributed by atoms with van der Waals surface area (Å²) in [4.78, 5) is 3.71. The normalized spacial score (nSPS) is 11.8. The zero-order valence-corrected chi connectivity index (χ0v) is 8.66. The van der Waals surface area contributed by atoms with Gasteiger partial charge in [0.2, 0.25) is 0 Å². The van der Waals surface area contributed by atoms with Crippen molar-refractivity contribution in [3.8, 4) is 11.1 Å². The van der Waals surface area contributed by atoms with Crippen LogP contribution in [0.15, 0.2) is 35.2 Å². The van der Waals surface area contributed by atoms with Crippen molar-refractivity contribution in [3.63, 3.8) is 0 Å². The summed E-state index contributed by atoms with van der Waals surface area (Å²) < 4.78 is 43.4. The molecule has 0 fully saturated rings. The van der Waals surface area contributed by atoms with Gasteiger partial charge in [0, 0.05) is 23.5 Å². The van der Waals surface area contributed by atoms with Gasteiger partial charge >= 0.3 is 6.18 Å². The third-order valence-corrected chi connectivity index (χ3v) is 2.35. The summed E-state index contributed by atoms with van der Waals surface area (Å²) in [6.45, 7) is 0.0362. The molecule has 2 aromatic rings. The van der Waals surface area contributed by atoms with E-state index in [1.165, 1.54) is 12.3 Å². The van der Waals surface area contributed by atoms with E-state index in [-0.39, 0.29) is 12.1 Å². The summed E-state index contributed by atoms with van der Waals surface area (Å²) in [5.74, 6) is 0.309. The number of alkyl halides is 3. The molecule has 6 heteroatoms. The Balaban J connectivity index is 2.60. The molecule has 0 aliphatic carbocycles. The van der Waals surface area contributed by atoms with Crippen LogP contribution < -0.4 is 5.73 Å². The standard InChI is InChI=1S/C11H9F3N2O/c12-11(13,14)9-1-3-16-6-8(9)7-2-4-17-10(7)5-15/h1-4,6H,5,15H2. The molecule has 2 N–H and O–H groups in total. The summed E-state index contributed by atoms with van der Waals surface area (Å²) >= 11 is 0. The summed E-state index contributed by atoms with van der Waals surface area (Å²) in [5, 5.41) is 0. The molecule has 0 radical (unpaired) electrons. The Morgan fingerprint density at radius 1 is 1.24 bits per heavy atom. The minimum absolute atomic E-state index is 0.0193. The van der Waals surface area contributed by atoms with Crippen molar-refractivity contribution in [2.45, 2.75) is 12.7 Å². The van der Waals surface area contributed by atoms with Crippen LogP contribution in [0, 0.1) is 0 Å². The highest BCUT2D eigenvalue weighted by atomic mass is 19.4. The van der Waals surface area contributed by atoms with Crippen LogP contribution in [0.3, 0.4) is 0 Å². The third-order valence-electron chi connectivity index (χ3n) is 2.35. The van der Waals surface area contributed by atoms with Gasteiger partial charge in [-0.15, -0.1) is 0 Å². The summed E-state index contributed by atoms with van der Waals surface area (Å²) in [6, 6.07) is 2.39. The zero-order valence-electron chi connectivity index (χ0n) is 8.66. The summed E-state index contributed by atoms with van der Waals surface area (Å²) in [6.07, 6.45) is -0.854. The first-order valence-electron chi connectivity index (χ1n) is 4.82. The molecule has 0 saturated carbocycles. The van der Waals surface area contributed by atoms with Crippen LogP contribution in [-0.2, 0) is 12.7 Å². The molecule has 0 saturated heterocycles. The van der Waals surface area contributed by atoms with E-state index in [9.17, 15) is 13.2 Å². The van der Waals surface area contributed by atoms with Gasteiger partial charge < -0.3 is 10.2 Å². The molecule has 0 aliphatic heterocycles. The van der Waals surface area contributed by atoms with Gasteiger partial charge in [-0.2, -0.15) is 13.2 Å². The van der Waals surface area contributed by atoms with Crippen LogP contribution in [-0.4, -0.2) is 4.98 Å². The molecule has 0 amide bonds. The highest BCUT2D eigenvalue weighted by Crippen LogP contribution is 2.37. The maximum Gasteiger partial charge on any atom is 0.417 e. The highest BCUT2D eigenvalue weighted by Gasteiger charge is 2.34. The molecule has 90 valence electrons. The Morgan fingerprint density at radius 3 is 2.65 bits per heavy atom. The minimum Gasteiger partial charge on any atom is -0.467 e. The maximum atomic E-state index is 12.8. The molecule has 0 spiro atoms. The van der Waals surface area contributed by atoms with E-state index in [1.54, 1.807) is 0 Å². The van der Waals surface area contributed by atoms with E-state index >= 15 is 0 Å². The van der Waals surface area contributed by atoms with Crippen LogP contribution >= 0.6 is 0 Å². The Hall–Kier alpha value is -1.82. The van der Waals surface area contributed by atoms with E-state index in [0.29, 0.717) is 11.3 Å². The Morgan fingerprint density at radius 2 is 2.00 bits per heavy atom. The van der Waals surface area contributed by atoms with E-state index < -0.39 is 11.7 Å². The van der Waals surface area contributed by atoms with Crippen molar-refractivity contribution >= 4 is 0 Å². The van der Waals surface area contributed by atoms with E-state index in [2.05, 4.69) is 4.98 Å². The number of nitrogens with zero attached hydrogens (tertiary/aromatic N) is 1. The van der Waals surface area contributed by atoms with Crippen molar-refractivity contribution in [1.29, 1.82) is 0 Å². The van der Waals surface area contributed by atoms with Gasteiger partial charge in [-0.1, -0.05) is 0 Å². The Kier molecular flexibility index (Phi) is 2.89. The van der Waals surface area contributed by atoms with Crippen LogP contribution in [0.5, 0.6) is 0 Å². The largest absolute Gasteiger partial charge is 0.467 e. The van der Waals surface area contributed by atoms with E-state index in [1.807, 2.05) is 0 Å². The SMILES string of the molecule is NCc1occc1-c1cnccc1C(F)(F)F. The predicted octanol–water partition coefficient (Wildman–Crippen LogP) is 2.82. The minimum atomic E-state index is -4.43. The number of hydrogen-bond donors (Lipinski definition) is 1. The quantitative estimate of drug-likeness (QED) is 0.880. The molecule has 0 bridgehead atoms. The molecule has 2 rings (SSSR count). The molecule has 0 aromatic carbocycles. The van der Waals surface area contributed by atoms with Crippen molar-refractivity contribution < 1.29 is 17.6 Å². The van der Waals surface area contributed by atoms with Gasteiger partial charge in [0.1, 0.15) is 5.76 Å². The van der Waals surface area contributed by atoms with Gasteiger partial charge in [-0.25, -0.2) is 0 Å². The van der Waals surface area contributed by atoms with Crippen molar-refractivity contribution in [2.24, 2.45) is 5.73 Å². The lowest BCUT2D eigenvalue weighted by molar-refractivity contribution is -0.137. The number of pyridine rings is 1. The first kappa shape index (κ1) is 11.7. The highest BCUT2D eigenvalue weighted by molar-refractivity contribution is 5.68. The number of nitrogens with two attached hydrogens (primary N) is 1. The second-order valence-corrected chi connectivity index (χ2v) is 3.38. The van der Waals surface area contributed by atoms with Crippen molar-refractivity contribution in [2.75, 3.05) is 0 Å². The molecule has 3 nitrogen and oxygen atoms in total. The van der Waals surface area contributed by atoms with Gasteiger partial charge in [0.15, 0.2) is 0 Å². The first-order valence-corrected chi connectivity index (χ1v) is 4.82. The van der Waals surface area contributed by atoms with Crippen LogP contribution in [0.4, 0.5) is 13.2 Å². The van der Waals surface area contributed by atoms with Gasteiger partial charge in [-0.05, 0) is 12.1 Å². The molecule has 0 unspecified atom stereocenters. The fourth-order valence-electron chi connectivity index (χ4n) is 1.59. The second-order valence-electron chi connectivity index (χ2n) is 3.38. The lowest BCUT2D eigenvalue weighted by atomic mass is 10.0. The van der Waals surface area contributed by atoms with E-state index in [4.69, 9.17) is 10.2 Å². The monoisotopic (exact) mass is 242 g/mol. The lowest BCUT2D eigenvalue weighted by Crippen LogP contribution is -2.08. The van der Waals surface area contributed by atoms with Crippen molar-refractivity contribution in [1.82, 2.24) is 4.98 Å². The van der Waals surface area contributed by atoms with Crippen LogP contribution in [0.25, 0.3) is 11.1 Å². The molecular formula is C11H9F3N2O. The molecule has 0 aliphatic rings. The van der Waals surface area contributed by atoms with Gasteiger partial charge in [0.05, 0.1) is 18.4 Å². The van der Waals surface area contributed by atoms with Crippen molar-refractivity contribution in [3.05, 3.63) is 42.1 Å². The fourth-order valence-corrected chi connectivity index (χ4v) is 1.59. The molecule has 17 heavy (non-hydrogen) atoms. The second kappa shape index (κ2) is 4.21. The number of rotatable bonds is 2. The molecular weight excluding hydrogens is 233 g/mol. The Labute approximate surface area is 95.1 Å². The maximum absolute atomic E-state index is 12.8. The molecule has 2 heterocycles. The van der Waals surface area contributed by atoms with Gasteiger partial charge in [0.25, 0.3) is 0 Å². The van der Waals surface area contributed by atoms with Crippen LogP contribution in [0.1, 0.15) is 11.3 Å². The molecule has 0 atom stereocenters. The summed E-state index contributed by atoms with van der Waals surface area (Å²) in [7, 11) is 0. The number of aromatic nitrogens is 1. The lowest BCUT2D eigenvalue weighted by Gasteiger charge is -2.11. The smallest absolute Gasteiger partial charge is 0.417 e. The predicted molar refractivity (Wildman–Crippen MR) is 54.8 cm³/mol. The van der Waals surface area contributed by atoms with Crippen LogP contribution in [0.2, 0.25) is 0 Å². The number of halogens is 3. The fraction of sp³-hybridized carbons (Fsp3) is 0.182.